The van der Waals surface area contributed by atoms with E-state index in [1.807, 2.05) is 0 Å². The van der Waals surface area contributed by atoms with Gasteiger partial charge in [-0.25, -0.2) is 4.98 Å². The standard InChI is InChI=1S/C8H7N3O3/c12-5(13)1-4-2-9-7-6(4)8(14)11-3-10-7/h2-3H,1H2,(H,12,13)(H2,9,10,11,14). The first kappa shape index (κ1) is 8.49. The quantitative estimate of drug-likeness (QED) is 0.619. The van der Waals surface area contributed by atoms with Crippen LogP contribution in [0.15, 0.2) is 17.3 Å². The number of carbonyl (C=O) groups is 1. The second-order valence-electron chi connectivity index (χ2n) is 2.84. The zero-order valence-corrected chi connectivity index (χ0v) is 7.07. The minimum absolute atomic E-state index is 0.186. The molecule has 0 aliphatic rings. The Morgan fingerprint density at radius 3 is 3.00 bits per heavy atom. The summed E-state index contributed by atoms with van der Waals surface area (Å²) in [6.45, 7) is 0. The zero-order valence-electron chi connectivity index (χ0n) is 7.07. The maximum absolute atomic E-state index is 11.3. The smallest absolute Gasteiger partial charge is 0.307 e. The van der Waals surface area contributed by atoms with Gasteiger partial charge in [-0.1, -0.05) is 0 Å². The number of rotatable bonds is 2. The van der Waals surface area contributed by atoms with Crippen LogP contribution in [0, 0.1) is 0 Å². The van der Waals surface area contributed by atoms with Crippen LogP contribution in [0.2, 0.25) is 0 Å². The number of carboxylic acids is 1. The van der Waals surface area contributed by atoms with Gasteiger partial charge in [0.2, 0.25) is 0 Å². The molecule has 2 aromatic heterocycles. The van der Waals surface area contributed by atoms with Crippen molar-refractivity contribution in [1.82, 2.24) is 15.0 Å². The van der Waals surface area contributed by atoms with Gasteiger partial charge in [-0.05, 0) is 5.56 Å². The first-order chi connectivity index (χ1) is 6.68. The van der Waals surface area contributed by atoms with Crippen LogP contribution in [-0.2, 0) is 11.2 Å². The Morgan fingerprint density at radius 2 is 2.29 bits per heavy atom. The molecule has 0 saturated heterocycles. The predicted octanol–water partition coefficient (Wildman–Crippen LogP) is -0.122. The lowest BCUT2D eigenvalue weighted by Crippen LogP contribution is -2.08. The largest absolute Gasteiger partial charge is 0.481 e. The molecule has 2 aromatic rings. The van der Waals surface area contributed by atoms with Crippen molar-refractivity contribution >= 4 is 17.0 Å². The predicted molar refractivity (Wildman–Crippen MR) is 48.1 cm³/mol. The molecule has 14 heavy (non-hydrogen) atoms. The summed E-state index contributed by atoms with van der Waals surface area (Å²) in [6, 6.07) is 0. The third-order valence-corrected chi connectivity index (χ3v) is 1.90. The number of aliphatic carboxylic acids is 1. The molecule has 0 unspecified atom stereocenters. The van der Waals surface area contributed by atoms with Gasteiger partial charge in [-0.2, -0.15) is 0 Å². The molecule has 0 radical (unpaired) electrons. The van der Waals surface area contributed by atoms with Crippen LogP contribution >= 0.6 is 0 Å². The second-order valence-corrected chi connectivity index (χ2v) is 2.84. The highest BCUT2D eigenvalue weighted by Crippen LogP contribution is 2.11. The molecule has 0 saturated carbocycles. The molecule has 0 amide bonds. The molecular formula is C8H7N3O3. The van der Waals surface area contributed by atoms with Crippen molar-refractivity contribution < 1.29 is 9.90 Å². The van der Waals surface area contributed by atoms with Gasteiger partial charge < -0.3 is 15.1 Å². The Hall–Kier alpha value is -2.11. The van der Waals surface area contributed by atoms with Crippen molar-refractivity contribution in [3.63, 3.8) is 0 Å². The Balaban J connectivity index is 2.67. The van der Waals surface area contributed by atoms with E-state index in [1.165, 1.54) is 12.5 Å². The molecule has 72 valence electrons. The van der Waals surface area contributed by atoms with E-state index in [1.54, 1.807) is 0 Å². The minimum Gasteiger partial charge on any atom is -0.481 e. The van der Waals surface area contributed by atoms with Crippen LogP contribution in [-0.4, -0.2) is 26.0 Å². The van der Waals surface area contributed by atoms with Gasteiger partial charge in [0.15, 0.2) is 0 Å². The number of hydrogen-bond acceptors (Lipinski definition) is 3. The van der Waals surface area contributed by atoms with Crippen molar-refractivity contribution in [1.29, 1.82) is 0 Å². The van der Waals surface area contributed by atoms with E-state index in [2.05, 4.69) is 15.0 Å². The first-order valence-electron chi connectivity index (χ1n) is 3.94. The minimum atomic E-state index is -0.978. The molecule has 0 aliphatic heterocycles. The number of carboxylic acid groups (broad SMARTS) is 1. The fraction of sp³-hybridized carbons (Fsp3) is 0.125. The molecule has 2 heterocycles. The summed E-state index contributed by atoms with van der Waals surface area (Å²) < 4.78 is 0. The number of aromatic amines is 2. The maximum atomic E-state index is 11.3. The van der Waals surface area contributed by atoms with Crippen LogP contribution < -0.4 is 5.56 Å². The van der Waals surface area contributed by atoms with Crippen LogP contribution in [0.25, 0.3) is 11.0 Å². The summed E-state index contributed by atoms with van der Waals surface area (Å²) in [5, 5.41) is 8.90. The zero-order chi connectivity index (χ0) is 10.1. The molecule has 0 fully saturated rings. The SMILES string of the molecule is O=C(O)Cc1c[nH]c2nc[nH]c(=O)c12. The van der Waals surface area contributed by atoms with Gasteiger partial charge in [0.05, 0.1) is 18.1 Å². The molecule has 0 bridgehead atoms. The molecule has 6 nitrogen and oxygen atoms in total. The fourth-order valence-electron chi connectivity index (χ4n) is 1.34. The average molecular weight is 193 g/mol. The van der Waals surface area contributed by atoms with E-state index in [9.17, 15) is 9.59 Å². The van der Waals surface area contributed by atoms with Gasteiger partial charge in [0.1, 0.15) is 5.65 Å². The average Bonchev–Trinajstić information content (AvgIpc) is 2.49. The van der Waals surface area contributed by atoms with Crippen LogP contribution in [0.3, 0.4) is 0 Å². The van der Waals surface area contributed by atoms with E-state index in [-0.39, 0.29) is 12.0 Å². The third-order valence-electron chi connectivity index (χ3n) is 1.90. The number of aromatic nitrogens is 3. The van der Waals surface area contributed by atoms with E-state index in [0.717, 1.165) is 0 Å². The monoisotopic (exact) mass is 193 g/mol. The Bertz CT molecular complexity index is 540. The van der Waals surface area contributed by atoms with Gasteiger partial charge in [-0.3, -0.25) is 9.59 Å². The topological polar surface area (TPSA) is 98.8 Å². The molecule has 3 N–H and O–H groups in total. The highest BCUT2D eigenvalue weighted by atomic mass is 16.4. The lowest BCUT2D eigenvalue weighted by atomic mass is 10.2. The number of H-pyrrole nitrogens is 2. The molecule has 0 aromatic carbocycles. The van der Waals surface area contributed by atoms with Crippen molar-refractivity contribution in [2.45, 2.75) is 6.42 Å². The molecular weight excluding hydrogens is 186 g/mol. The van der Waals surface area contributed by atoms with Crippen LogP contribution in [0.5, 0.6) is 0 Å². The number of hydrogen-bond donors (Lipinski definition) is 3. The molecule has 2 rings (SSSR count). The summed E-state index contributed by atoms with van der Waals surface area (Å²) in [6.07, 6.45) is 2.57. The van der Waals surface area contributed by atoms with E-state index >= 15 is 0 Å². The van der Waals surface area contributed by atoms with Crippen LogP contribution in [0.4, 0.5) is 0 Å². The summed E-state index contributed by atoms with van der Waals surface area (Å²) in [5.41, 5.74) is 0.527. The molecule has 0 spiro atoms. The highest BCUT2D eigenvalue weighted by molar-refractivity contribution is 5.83. The lowest BCUT2D eigenvalue weighted by Gasteiger charge is -1.91. The maximum Gasteiger partial charge on any atom is 0.307 e. The summed E-state index contributed by atoms with van der Waals surface area (Å²) in [7, 11) is 0. The van der Waals surface area contributed by atoms with Gasteiger partial charge in [-0.15, -0.1) is 0 Å². The molecule has 6 heteroatoms. The fourth-order valence-corrected chi connectivity index (χ4v) is 1.34. The van der Waals surface area contributed by atoms with Gasteiger partial charge >= 0.3 is 5.97 Å². The number of nitrogens with one attached hydrogen (secondary N) is 2. The molecule has 0 aliphatic carbocycles. The second kappa shape index (κ2) is 2.99. The van der Waals surface area contributed by atoms with Crippen molar-refractivity contribution in [3.05, 3.63) is 28.4 Å². The summed E-state index contributed by atoms with van der Waals surface area (Å²) in [5.74, 6) is -0.978. The van der Waals surface area contributed by atoms with E-state index in [4.69, 9.17) is 5.11 Å². The Labute approximate surface area is 77.6 Å². The number of nitrogens with zero attached hydrogens (tertiary/aromatic N) is 1. The lowest BCUT2D eigenvalue weighted by molar-refractivity contribution is -0.136. The molecule has 0 atom stereocenters. The Kier molecular flexibility index (Phi) is 1.81. The Morgan fingerprint density at radius 1 is 1.50 bits per heavy atom. The van der Waals surface area contributed by atoms with Crippen molar-refractivity contribution in [3.8, 4) is 0 Å². The summed E-state index contributed by atoms with van der Waals surface area (Å²) in [4.78, 5) is 30.8. The first-order valence-corrected chi connectivity index (χ1v) is 3.94. The van der Waals surface area contributed by atoms with Crippen molar-refractivity contribution in [2.75, 3.05) is 0 Å². The third kappa shape index (κ3) is 1.26. The normalized spacial score (nSPS) is 10.6. The summed E-state index contributed by atoms with van der Waals surface area (Å²) >= 11 is 0. The van der Waals surface area contributed by atoms with Crippen LogP contribution in [0.1, 0.15) is 5.56 Å². The van der Waals surface area contributed by atoms with Gasteiger partial charge in [0.25, 0.3) is 5.56 Å². The van der Waals surface area contributed by atoms with E-state index in [0.29, 0.717) is 16.6 Å². The number of fused-ring (bicyclic) bond motifs is 1. The van der Waals surface area contributed by atoms with Crippen molar-refractivity contribution in [2.24, 2.45) is 0 Å². The van der Waals surface area contributed by atoms with E-state index < -0.39 is 5.97 Å². The highest BCUT2D eigenvalue weighted by Gasteiger charge is 2.10. The van der Waals surface area contributed by atoms with Gasteiger partial charge in [0, 0.05) is 6.20 Å².